The van der Waals surface area contributed by atoms with Crippen molar-refractivity contribution in [1.29, 1.82) is 0 Å². The van der Waals surface area contributed by atoms with Crippen LogP contribution in [0.15, 0.2) is 23.4 Å². The Labute approximate surface area is 108 Å². The lowest BCUT2D eigenvalue weighted by Gasteiger charge is -2.09. The number of rotatable bonds is 3. The molecule has 16 heavy (non-hydrogen) atoms. The summed E-state index contributed by atoms with van der Waals surface area (Å²) < 4.78 is 0. The summed E-state index contributed by atoms with van der Waals surface area (Å²) in [7, 11) is 0. The van der Waals surface area contributed by atoms with Crippen LogP contribution in [0.4, 0.5) is 0 Å². The summed E-state index contributed by atoms with van der Waals surface area (Å²) in [5, 5.41) is 5.02. The van der Waals surface area contributed by atoms with E-state index in [1.165, 1.54) is 0 Å². The van der Waals surface area contributed by atoms with Crippen LogP contribution in [0.25, 0.3) is 0 Å². The molecule has 1 atom stereocenters. The Hall–Kier alpha value is -0.480. The summed E-state index contributed by atoms with van der Waals surface area (Å²) in [5.74, 6) is 0.134. The number of halogens is 3. The SMILES string of the molecule is ClNCC1CON=C1c1ccc(Cl)c(Cl)c1. The van der Waals surface area contributed by atoms with Crippen LogP contribution in [0.5, 0.6) is 0 Å². The maximum absolute atomic E-state index is 5.95. The highest BCUT2D eigenvalue weighted by Crippen LogP contribution is 2.25. The second-order valence-electron chi connectivity index (χ2n) is 3.44. The normalized spacial score (nSPS) is 19.4. The molecule has 1 aliphatic heterocycles. The summed E-state index contributed by atoms with van der Waals surface area (Å²) >= 11 is 17.3. The van der Waals surface area contributed by atoms with Gasteiger partial charge in [0.25, 0.3) is 0 Å². The molecular weight excluding hydrogens is 270 g/mol. The van der Waals surface area contributed by atoms with Crippen molar-refractivity contribution < 1.29 is 4.84 Å². The first-order valence-corrected chi connectivity index (χ1v) is 5.84. The number of hydrogen-bond acceptors (Lipinski definition) is 3. The number of nitrogens with zero attached hydrogens (tertiary/aromatic N) is 1. The molecule has 1 N–H and O–H groups in total. The minimum Gasteiger partial charge on any atom is -0.395 e. The van der Waals surface area contributed by atoms with Gasteiger partial charge in [0.05, 0.1) is 21.7 Å². The Balaban J connectivity index is 2.26. The van der Waals surface area contributed by atoms with Crippen LogP contribution in [0.3, 0.4) is 0 Å². The zero-order valence-corrected chi connectivity index (χ0v) is 10.5. The Kier molecular flexibility index (Phi) is 3.92. The molecule has 86 valence electrons. The largest absolute Gasteiger partial charge is 0.395 e. The Morgan fingerprint density at radius 2 is 2.19 bits per heavy atom. The lowest BCUT2D eigenvalue weighted by Crippen LogP contribution is -2.24. The predicted molar refractivity (Wildman–Crippen MR) is 66.3 cm³/mol. The van der Waals surface area contributed by atoms with Crippen molar-refractivity contribution in [2.24, 2.45) is 11.1 Å². The van der Waals surface area contributed by atoms with E-state index in [0.717, 1.165) is 11.3 Å². The van der Waals surface area contributed by atoms with Gasteiger partial charge in [-0.3, -0.25) is 0 Å². The lowest BCUT2D eigenvalue weighted by atomic mass is 9.98. The number of nitrogens with one attached hydrogen (secondary N) is 1. The first-order valence-electron chi connectivity index (χ1n) is 4.71. The van der Waals surface area contributed by atoms with Crippen molar-refractivity contribution in [3.05, 3.63) is 33.8 Å². The maximum atomic E-state index is 5.95. The number of hydrogen-bond donors (Lipinski definition) is 1. The first kappa shape index (κ1) is 12.0. The van der Waals surface area contributed by atoms with Gasteiger partial charge in [-0.2, -0.15) is 0 Å². The average Bonchev–Trinajstić information content (AvgIpc) is 2.71. The van der Waals surface area contributed by atoms with Gasteiger partial charge in [-0.05, 0) is 23.9 Å². The monoisotopic (exact) mass is 278 g/mol. The van der Waals surface area contributed by atoms with Gasteiger partial charge in [0.2, 0.25) is 0 Å². The van der Waals surface area contributed by atoms with E-state index in [1.54, 1.807) is 12.1 Å². The average molecular weight is 280 g/mol. The van der Waals surface area contributed by atoms with Gasteiger partial charge in [-0.1, -0.05) is 34.4 Å². The van der Waals surface area contributed by atoms with E-state index in [0.29, 0.717) is 23.2 Å². The summed E-state index contributed by atoms with van der Waals surface area (Å²) in [6, 6.07) is 5.38. The maximum Gasteiger partial charge on any atom is 0.126 e. The van der Waals surface area contributed by atoms with E-state index in [-0.39, 0.29) is 5.92 Å². The summed E-state index contributed by atoms with van der Waals surface area (Å²) in [6.07, 6.45) is 0. The van der Waals surface area contributed by atoms with Gasteiger partial charge < -0.3 is 4.84 Å². The smallest absolute Gasteiger partial charge is 0.126 e. The van der Waals surface area contributed by atoms with Crippen molar-refractivity contribution in [2.75, 3.05) is 13.2 Å². The van der Waals surface area contributed by atoms with Gasteiger partial charge >= 0.3 is 0 Å². The van der Waals surface area contributed by atoms with Gasteiger partial charge in [-0.15, -0.1) is 0 Å². The van der Waals surface area contributed by atoms with E-state index in [2.05, 4.69) is 9.99 Å². The van der Waals surface area contributed by atoms with Gasteiger partial charge in [0, 0.05) is 12.1 Å². The number of oxime groups is 1. The van der Waals surface area contributed by atoms with Crippen molar-refractivity contribution in [1.82, 2.24) is 4.84 Å². The van der Waals surface area contributed by atoms with E-state index in [1.807, 2.05) is 6.07 Å². The fourth-order valence-corrected chi connectivity index (χ4v) is 2.03. The van der Waals surface area contributed by atoms with Crippen LogP contribution in [0.1, 0.15) is 5.56 Å². The second kappa shape index (κ2) is 5.23. The molecule has 2 rings (SSSR count). The van der Waals surface area contributed by atoms with Gasteiger partial charge in [-0.25, -0.2) is 4.84 Å². The van der Waals surface area contributed by atoms with Crippen molar-refractivity contribution in [3.63, 3.8) is 0 Å². The predicted octanol–water partition coefficient (Wildman–Crippen LogP) is 3.09. The first-order chi connectivity index (χ1) is 7.72. The number of benzene rings is 1. The van der Waals surface area contributed by atoms with Crippen molar-refractivity contribution in [2.45, 2.75) is 0 Å². The molecule has 3 nitrogen and oxygen atoms in total. The topological polar surface area (TPSA) is 33.6 Å². The molecule has 0 saturated carbocycles. The molecule has 1 heterocycles. The highest BCUT2D eigenvalue weighted by Gasteiger charge is 2.24. The Morgan fingerprint density at radius 3 is 2.88 bits per heavy atom. The third-order valence-electron chi connectivity index (χ3n) is 2.36. The van der Waals surface area contributed by atoms with E-state index < -0.39 is 0 Å². The van der Waals surface area contributed by atoms with Gasteiger partial charge in [0.1, 0.15) is 6.61 Å². The summed E-state index contributed by atoms with van der Waals surface area (Å²) in [6.45, 7) is 1.12. The molecule has 1 aromatic carbocycles. The third-order valence-corrected chi connectivity index (χ3v) is 3.26. The molecule has 0 aromatic heterocycles. The van der Waals surface area contributed by atoms with E-state index >= 15 is 0 Å². The fourth-order valence-electron chi connectivity index (χ4n) is 1.54. The molecule has 1 aromatic rings. The fraction of sp³-hybridized carbons (Fsp3) is 0.300. The molecule has 0 saturated heterocycles. The highest BCUT2D eigenvalue weighted by molar-refractivity contribution is 6.42. The molecule has 0 amide bonds. The molecule has 1 aliphatic rings. The van der Waals surface area contributed by atoms with Crippen LogP contribution >= 0.6 is 35.0 Å². The summed E-state index contributed by atoms with van der Waals surface area (Å²) in [5.41, 5.74) is 1.75. The zero-order chi connectivity index (χ0) is 11.5. The standard InChI is InChI=1S/C10H9Cl3N2O/c11-8-2-1-6(3-9(8)12)10-7(4-14-13)5-16-15-10/h1-3,7,14H,4-5H2. The van der Waals surface area contributed by atoms with Gasteiger partial charge in [0.15, 0.2) is 0 Å². The van der Waals surface area contributed by atoms with Crippen LogP contribution in [0.2, 0.25) is 10.0 Å². The summed E-state index contributed by atoms with van der Waals surface area (Å²) in [4.78, 5) is 7.65. The van der Waals surface area contributed by atoms with Crippen molar-refractivity contribution >= 4 is 40.7 Å². The molecule has 0 bridgehead atoms. The zero-order valence-electron chi connectivity index (χ0n) is 8.21. The van der Waals surface area contributed by atoms with Crippen LogP contribution in [0, 0.1) is 5.92 Å². The minimum atomic E-state index is 0.134. The molecule has 0 aliphatic carbocycles. The highest BCUT2D eigenvalue weighted by atomic mass is 35.5. The van der Waals surface area contributed by atoms with Crippen molar-refractivity contribution in [3.8, 4) is 0 Å². The molecule has 0 radical (unpaired) electrons. The Morgan fingerprint density at radius 1 is 1.38 bits per heavy atom. The molecular formula is C10H9Cl3N2O. The molecule has 0 spiro atoms. The second-order valence-corrected chi connectivity index (χ2v) is 4.52. The van der Waals surface area contributed by atoms with Crippen LogP contribution in [-0.4, -0.2) is 18.9 Å². The van der Waals surface area contributed by atoms with E-state index in [9.17, 15) is 0 Å². The molecule has 6 heteroatoms. The lowest BCUT2D eigenvalue weighted by molar-refractivity contribution is 0.155. The van der Waals surface area contributed by atoms with Crippen LogP contribution < -0.4 is 4.84 Å². The van der Waals surface area contributed by atoms with E-state index in [4.69, 9.17) is 39.8 Å². The molecule has 1 unspecified atom stereocenters. The quantitative estimate of drug-likeness (QED) is 0.863. The third kappa shape index (κ3) is 2.43. The van der Waals surface area contributed by atoms with Crippen LogP contribution in [-0.2, 0) is 4.84 Å². The minimum absolute atomic E-state index is 0.134. The molecule has 0 fully saturated rings. The Bertz CT molecular complexity index is 423.